The second-order valence-corrected chi connectivity index (χ2v) is 6.34. The van der Waals surface area contributed by atoms with Crippen molar-refractivity contribution in [1.82, 2.24) is 15.1 Å². The largest absolute Gasteiger partial charge is 0.317 e. The third-order valence-electron chi connectivity index (χ3n) is 4.55. The average molecular weight is 269 g/mol. The van der Waals surface area contributed by atoms with Crippen molar-refractivity contribution in [1.29, 1.82) is 0 Å². The van der Waals surface area contributed by atoms with Crippen LogP contribution in [-0.2, 0) is 0 Å². The van der Waals surface area contributed by atoms with Crippen molar-refractivity contribution < 1.29 is 0 Å². The third-order valence-corrected chi connectivity index (χ3v) is 4.55. The van der Waals surface area contributed by atoms with Gasteiger partial charge >= 0.3 is 0 Å². The standard InChI is InChI=1S/C16H35N3/c1-5-19(13-9-12-18(3)4)14-15-10-7-6-8-11-16(15)17-2/h15-17H,5-14H2,1-4H3. The molecule has 0 amide bonds. The van der Waals surface area contributed by atoms with Gasteiger partial charge in [-0.3, -0.25) is 0 Å². The Morgan fingerprint density at radius 1 is 1.05 bits per heavy atom. The van der Waals surface area contributed by atoms with Crippen molar-refractivity contribution in [2.24, 2.45) is 5.92 Å². The van der Waals surface area contributed by atoms with Crippen molar-refractivity contribution in [3.63, 3.8) is 0 Å². The van der Waals surface area contributed by atoms with Crippen LogP contribution in [0.3, 0.4) is 0 Å². The quantitative estimate of drug-likeness (QED) is 0.683. The Kier molecular flexibility index (Phi) is 8.67. The van der Waals surface area contributed by atoms with Crippen LogP contribution in [0, 0.1) is 5.92 Å². The Morgan fingerprint density at radius 3 is 2.42 bits per heavy atom. The molecular formula is C16H35N3. The molecule has 114 valence electrons. The van der Waals surface area contributed by atoms with Crippen LogP contribution in [-0.4, -0.2) is 63.2 Å². The van der Waals surface area contributed by atoms with Crippen molar-refractivity contribution >= 4 is 0 Å². The Morgan fingerprint density at radius 2 is 1.79 bits per heavy atom. The maximum atomic E-state index is 3.56. The minimum atomic E-state index is 0.741. The molecule has 1 aliphatic rings. The van der Waals surface area contributed by atoms with E-state index in [1.54, 1.807) is 0 Å². The average Bonchev–Trinajstić information content (AvgIpc) is 2.62. The van der Waals surface area contributed by atoms with Crippen LogP contribution in [0.4, 0.5) is 0 Å². The molecule has 1 rings (SSSR count). The second kappa shape index (κ2) is 9.73. The molecule has 0 radical (unpaired) electrons. The van der Waals surface area contributed by atoms with Gasteiger partial charge in [0.2, 0.25) is 0 Å². The van der Waals surface area contributed by atoms with Gasteiger partial charge in [-0.15, -0.1) is 0 Å². The molecule has 0 aliphatic heterocycles. The summed E-state index contributed by atoms with van der Waals surface area (Å²) in [4.78, 5) is 4.94. The van der Waals surface area contributed by atoms with Crippen LogP contribution < -0.4 is 5.32 Å². The van der Waals surface area contributed by atoms with E-state index in [0.717, 1.165) is 12.0 Å². The first-order valence-corrected chi connectivity index (χ1v) is 8.21. The summed E-state index contributed by atoms with van der Waals surface area (Å²) < 4.78 is 0. The predicted molar refractivity (Wildman–Crippen MR) is 84.7 cm³/mol. The van der Waals surface area contributed by atoms with Crippen LogP contribution >= 0.6 is 0 Å². The van der Waals surface area contributed by atoms with E-state index in [2.05, 4.69) is 43.2 Å². The lowest BCUT2D eigenvalue weighted by Crippen LogP contribution is -2.41. The van der Waals surface area contributed by atoms with Gasteiger partial charge in [0.1, 0.15) is 0 Å². The van der Waals surface area contributed by atoms with Gasteiger partial charge in [-0.1, -0.05) is 26.2 Å². The van der Waals surface area contributed by atoms with Crippen molar-refractivity contribution in [3.05, 3.63) is 0 Å². The number of hydrogen-bond acceptors (Lipinski definition) is 3. The third kappa shape index (κ3) is 6.73. The SMILES string of the molecule is CCN(CCCN(C)C)CC1CCCCCC1NC. The zero-order valence-electron chi connectivity index (χ0n) is 13.6. The Bertz CT molecular complexity index is 218. The topological polar surface area (TPSA) is 18.5 Å². The van der Waals surface area contributed by atoms with Gasteiger partial charge in [0.15, 0.2) is 0 Å². The highest BCUT2D eigenvalue weighted by Crippen LogP contribution is 2.24. The molecule has 19 heavy (non-hydrogen) atoms. The smallest absolute Gasteiger partial charge is 0.0104 e. The molecule has 0 spiro atoms. The molecule has 0 aromatic heterocycles. The molecular weight excluding hydrogens is 234 g/mol. The maximum Gasteiger partial charge on any atom is 0.0104 e. The number of hydrogen-bond donors (Lipinski definition) is 1. The van der Waals surface area contributed by atoms with E-state index in [0.29, 0.717) is 0 Å². The first-order chi connectivity index (χ1) is 9.17. The van der Waals surface area contributed by atoms with Gasteiger partial charge in [0, 0.05) is 12.6 Å². The summed E-state index contributed by atoms with van der Waals surface area (Å²) in [6, 6.07) is 0.741. The minimum absolute atomic E-state index is 0.741. The summed E-state index contributed by atoms with van der Waals surface area (Å²) >= 11 is 0. The van der Waals surface area contributed by atoms with Crippen molar-refractivity contribution in [2.75, 3.05) is 47.3 Å². The summed E-state index contributed by atoms with van der Waals surface area (Å²) in [7, 11) is 6.47. The summed E-state index contributed by atoms with van der Waals surface area (Å²) in [5, 5.41) is 3.56. The lowest BCUT2D eigenvalue weighted by molar-refractivity contribution is 0.197. The lowest BCUT2D eigenvalue weighted by Gasteiger charge is -2.31. The van der Waals surface area contributed by atoms with E-state index >= 15 is 0 Å². The van der Waals surface area contributed by atoms with Gasteiger partial charge in [-0.25, -0.2) is 0 Å². The predicted octanol–water partition coefficient (Wildman–Crippen LogP) is 2.43. The summed E-state index contributed by atoms with van der Waals surface area (Å²) in [5.41, 5.74) is 0. The molecule has 0 aromatic carbocycles. The fourth-order valence-electron chi connectivity index (χ4n) is 3.30. The molecule has 0 aromatic rings. The van der Waals surface area contributed by atoms with E-state index in [1.165, 1.54) is 64.7 Å². The maximum absolute atomic E-state index is 3.56. The zero-order valence-corrected chi connectivity index (χ0v) is 13.6. The molecule has 0 heterocycles. The van der Waals surface area contributed by atoms with Gasteiger partial charge in [0.05, 0.1) is 0 Å². The van der Waals surface area contributed by atoms with E-state index in [4.69, 9.17) is 0 Å². The van der Waals surface area contributed by atoms with Crippen LogP contribution in [0.5, 0.6) is 0 Å². The summed E-state index contributed by atoms with van der Waals surface area (Å²) in [6.45, 7) is 7.24. The highest BCUT2D eigenvalue weighted by Gasteiger charge is 2.23. The fraction of sp³-hybridized carbons (Fsp3) is 1.00. The molecule has 1 N–H and O–H groups in total. The minimum Gasteiger partial charge on any atom is -0.317 e. The normalized spacial score (nSPS) is 24.9. The Labute approximate surface area is 120 Å². The van der Waals surface area contributed by atoms with Crippen LogP contribution in [0.1, 0.15) is 45.4 Å². The van der Waals surface area contributed by atoms with Gasteiger partial charge in [-0.05, 0) is 66.0 Å². The molecule has 1 fully saturated rings. The molecule has 2 unspecified atom stereocenters. The lowest BCUT2D eigenvalue weighted by atomic mass is 9.94. The molecule has 2 atom stereocenters. The van der Waals surface area contributed by atoms with E-state index < -0.39 is 0 Å². The van der Waals surface area contributed by atoms with Crippen LogP contribution in [0.2, 0.25) is 0 Å². The van der Waals surface area contributed by atoms with E-state index in [-0.39, 0.29) is 0 Å². The summed E-state index contributed by atoms with van der Waals surface area (Å²) in [5.74, 6) is 0.854. The van der Waals surface area contributed by atoms with E-state index in [9.17, 15) is 0 Å². The number of rotatable bonds is 8. The number of nitrogens with zero attached hydrogens (tertiary/aromatic N) is 2. The highest BCUT2D eigenvalue weighted by molar-refractivity contribution is 4.80. The first-order valence-electron chi connectivity index (χ1n) is 8.21. The van der Waals surface area contributed by atoms with Crippen molar-refractivity contribution in [3.8, 4) is 0 Å². The van der Waals surface area contributed by atoms with Crippen LogP contribution in [0.25, 0.3) is 0 Å². The Hall–Kier alpha value is -0.120. The van der Waals surface area contributed by atoms with Crippen molar-refractivity contribution in [2.45, 2.75) is 51.5 Å². The molecule has 1 saturated carbocycles. The van der Waals surface area contributed by atoms with E-state index in [1.807, 2.05) is 0 Å². The van der Waals surface area contributed by atoms with Gasteiger partial charge in [0.25, 0.3) is 0 Å². The Balaban J connectivity index is 2.38. The highest BCUT2D eigenvalue weighted by atomic mass is 15.1. The zero-order chi connectivity index (χ0) is 14.1. The van der Waals surface area contributed by atoms with Crippen LogP contribution in [0.15, 0.2) is 0 Å². The molecule has 0 bridgehead atoms. The number of nitrogens with one attached hydrogen (secondary N) is 1. The summed E-state index contributed by atoms with van der Waals surface area (Å²) in [6.07, 6.45) is 8.35. The molecule has 3 heteroatoms. The van der Waals surface area contributed by atoms with Gasteiger partial charge < -0.3 is 15.1 Å². The monoisotopic (exact) mass is 269 g/mol. The fourth-order valence-corrected chi connectivity index (χ4v) is 3.30. The molecule has 3 nitrogen and oxygen atoms in total. The first kappa shape index (κ1) is 16.9. The molecule has 1 aliphatic carbocycles. The second-order valence-electron chi connectivity index (χ2n) is 6.34. The molecule has 0 saturated heterocycles. The van der Waals surface area contributed by atoms with Gasteiger partial charge in [-0.2, -0.15) is 0 Å².